The average molecular weight is 545 g/mol. The highest BCUT2D eigenvalue weighted by Gasteiger charge is 2.73. The van der Waals surface area contributed by atoms with Gasteiger partial charge >= 0.3 is 18.0 Å². The third-order valence-electron chi connectivity index (χ3n) is 5.23. The molecule has 2 aromatic rings. The summed E-state index contributed by atoms with van der Waals surface area (Å²) in [5, 5.41) is 5.15. The maximum absolute atomic E-state index is 14.7. The largest absolute Gasteiger partial charge is 0.435 e. The molecule has 12 heteroatoms. The zero-order valence-corrected chi connectivity index (χ0v) is 18.5. The van der Waals surface area contributed by atoms with Gasteiger partial charge in [-0.3, -0.25) is 4.79 Å². The van der Waals surface area contributed by atoms with Crippen LogP contribution in [0.1, 0.15) is 34.3 Å². The van der Waals surface area contributed by atoms with E-state index in [9.17, 15) is 39.9 Å². The number of aryl methyl sites for hydroxylation is 1. The zero-order chi connectivity index (χ0) is 24.8. The predicted octanol–water partition coefficient (Wildman–Crippen LogP) is 7.26. The zero-order valence-electron chi connectivity index (χ0n) is 16.9. The SMILES string of the molecule is Cc1cc(C(F)(C(F)(F)F)C(F)(F)F)cc(Br)c1NC(=O)c1cccc(NCC2CC2)c1F. The Morgan fingerprint density at radius 2 is 1.67 bits per heavy atom. The van der Waals surface area contributed by atoms with Crippen molar-refractivity contribution in [2.24, 2.45) is 5.92 Å². The van der Waals surface area contributed by atoms with Crippen molar-refractivity contribution in [3.8, 4) is 0 Å². The van der Waals surface area contributed by atoms with E-state index in [-0.39, 0.29) is 23.0 Å². The molecule has 180 valence electrons. The van der Waals surface area contributed by atoms with Crippen molar-refractivity contribution < 1.29 is 39.9 Å². The van der Waals surface area contributed by atoms with Crippen molar-refractivity contribution >= 4 is 33.2 Å². The number of rotatable bonds is 6. The summed E-state index contributed by atoms with van der Waals surface area (Å²) >= 11 is 2.78. The Bertz CT molecular complexity index is 1030. The van der Waals surface area contributed by atoms with Crippen LogP contribution in [0.25, 0.3) is 0 Å². The number of benzene rings is 2. The molecular formula is C21H17BrF8N2O. The number of hydrogen-bond donors (Lipinski definition) is 2. The quantitative estimate of drug-likeness (QED) is 0.376. The lowest BCUT2D eigenvalue weighted by atomic mass is 9.92. The number of hydrogen-bond acceptors (Lipinski definition) is 2. The first-order valence-corrected chi connectivity index (χ1v) is 10.4. The van der Waals surface area contributed by atoms with Gasteiger partial charge in [-0.05, 0) is 65.4 Å². The molecule has 0 saturated heterocycles. The molecule has 1 amide bonds. The minimum absolute atomic E-state index is 0.0817. The van der Waals surface area contributed by atoms with Gasteiger partial charge < -0.3 is 10.6 Å². The van der Waals surface area contributed by atoms with Crippen molar-refractivity contribution in [3.05, 3.63) is 57.3 Å². The average Bonchev–Trinajstić information content (AvgIpc) is 3.51. The minimum atomic E-state index is -6.28. The van der Waals surface area contributed by atoms with Gasteiger partial charge in [-0.25, -0.2) is 8.78 Å². The molecule has 0 radical (unpaired) electrons. The summed E-state index contributed by atoms with van der Waals surface area (Å²) in [6.45, 7) is 1.61. The molecule has 0 atom stereocenters. The molecule has 2 N–H and O–H groups in total. The van der Waals surface area contributed by atoms with Crippen LogP contribution in [0.2, 0.25) is 0 Å². The standard InChI is InChI=1S/C21H17BrF8N2O/c1-10-7-12(19(24,20(25,26)27)21(28,29)30)8-14(22)17(10)32-18(33)13-3-2-4-15(16(13)23)31-9-11-5-6-11/h2-4,7-8,11,31H,5-6,9H2,1H3,(H,32,33). The maximum Gasteiger partial charge on any atom is 0.435 e. The molecule has 0 spiro atoms. The van der Waals surface area contributed by atoms with Crippen LogP contribution in [0.15, 0.2) is 34.8 Å². The van der Waals surface area contributed by atoms with E-state index in [0.29, 0.717) is 18.5 Å². The van der Waals surface area contributed by atoms with Crippen molar-refractivity contribution in [3.63, 3.8) is 0 Å². The second-order valence-electron chi connectivity index (χ2n) is 7.75. The summed E-state index contributed by atoms with van der Waals surface area (Å²) in [5.74, 6) is -1.43. The van der Waals surface area contributed by atoms with Crippen LogP contribution < -0.4 is 10.6 Å². The molecular weight excluding hydrogens is 528 g/mol. The second kappa shape index (κ2) is 8.77. The van der Waals surface area contributed by atoms with Crippen LogP contribution in [-0.4, -0.2) is 24.8 Å². The van der Waals surface area contributed by atoms with Gasteiger partial charge in [-0.15, -0.1) is 0 Å². The molecule has 0 bridgehead atoms. The highest BCUT2D eigenvalue weighted by molar-refractivity contribution is 9.10. The Labute approximate surface area is 191 Å². The Hall–Kier alpha value is -2.37. The normalized spacial score (nSPS) is 14.8. The fourth-order valence-electron chi connectivity index (χ4n) is 3.19. The fraction of sp³-hybridized carbons (Fsp3) is 0.381. The van der Waals surface area contributed by atoms with E-state index in [1.807, 2.05) is 0 Å². The molecule has 1 saturated carbocycles. The number of halogens is 9. The van der Waals surface area contributed by atoms with Gasteiger partial charge in [0, 0.05) is 16.6 Å². The van der Waals surface area contributed by atoms with Gasteiger partial charge in [-0.2, -0.15) is 26.3 Å². The first kappa shape index (κ1) is 25.3. The first-order valence-electron chi connectivity index (χ1n) is 9.63. The Kier molecular flexibility index (Phi) is 6.71. The molecule has 3 rings (SSSR count). The fourth-order valence-corrected chi connectivity index (χ4v) is 3.85. The number of nitrogens with one attached hydrogen (secondary N) is 2. The van der Waals surface area contributed by atoms with E-state index in [2.05, 4.69) is 26.6 Å². The third-order valence-corrected chi connectivity index (χ3v) is 5.85. The first-order chi connectivity index (χ1) is 15.2. The molecule has 33 heavy (non-hydrogen) atoms. The van der Waals surface area contributed by atoms with Gasteiger partial charge in [-0.1, -0.05) is 12.1 Å². The topological polar surface area (TPSA) is 41.1 Å². The van der Waals surface area contributed by atoms with Crippen LogP contribution in [0.4, 0.5) is 46.5 Å². The van der Waals surface area contributed by atoms with Gasteiger partial charge in [0.15, 0.2) is 5.82 Å². The summed E-state index contributed by atoms with van der Waals surface area (Å²) in [6.07, 6.45) is -10.5. The molecule has 0 heterocycles. The highest BCUT2D eigenvalue weighted by atomic mass is 79.9. The van der Waals surface area contributed by atoms with Crippen molar-refractivity contribution in [1.82, 2.24) is 0 Å². The summed E-state index contributed by atoms with van der Waals surface area (Å²) in [4.78, 5) is 12.6. The molecule has 1 aliphatic carbocycles. The monoisotopic (exact) mass is 544 g/mol. The number of alkyl halides is 7. The Balaban J connectivity index is 1.91. The van der Waals surface area contributed by atoms with E-state index in [0.717, 1.165) is 19.8 Å². The van der Waals surface area contributed by atoms with Crippen LogP contribution in [0, 0.1) is 18.7 Å². The molecule has 1 fully saturated rings. The van der Waals surface area contributed by atoms with Crippen molar-refractivity contribution in [1.29, 1.82) is 0 Å². The number of amides is 1. The molecule has 1 aliphatic rings. The van der Waals surface area contributed by atoms with Crippen LogP contribution in [-0.2, 0) is 5.67 Å². The maximum atomic E-state index is 14.7. The lowest BCUT2D eigenvalue weighted by Crippen LogP contribution is -2.50. The smallest absolute Gasteiger partial charge is 0.382 e. The van der Waals surface area contributed by atoms with Crippen molar-refractivity contribution in [2.45, 2.75) is 37.8 Å². The summed E-state index contributed by atoms with van der Waals surface area (Å²) < 4.78 is 107. The summed E-state index contributed by atoms with van der Waals surface area (Å²) in [7, 11) is 0. The van der Waals surface area contributed by atoms with E-state index in [4.69, 9.17) is 0 Å². The minimum Gasteiger partial charge on any atom is -0.382 e. The Morgan fingerprint density at radius 1 is 1.06 bits per heavy atom. The summed E-state index contributed by atoms with van der Waals surface area (Å²) in [6, 6.07) is 4.64. The van der Waals surface area contributed by atoms with Crippen LogP contribution in [0.5, 0.6) is 0 Å². The van der Waals surface area contributed by atoms with Gasteiger partial charge in [0.2, 0.25) is 0 Å². The molecule has 0 aliphatic heterocycles. The van der Waals surface area contributed by atoms with Crippen LogP contribution >= 0.6 is 15.9 Å². The Morgan fingerprint density at radius 3 is 2.18 bits per heavy atom. The van der Waals surface area contributed by atoms with Gasteiger partial charge in [0.1, 0.15) is 0 Å². The molecule has 0 unspecified atom stereocenters. The van der Waals surface area contributed by atoms with E-state index in [1.54, 1.807) is 0 Å². The molecule has 0 aromatic heterocycles. The van der Waals surface area contributed by atoms with Crippen LogP contribution in [0.3, 0.4) is 0 Å². The number of carbonyl (C=O) groups excluding carboxylic acids is 1. The predicted molar refractivity (Wildman–Crippen MR) is 109 cm³/mol. The van der Waals surface area contributed by atoms with E-state index in [1.165, 1.54) is 18.2 Å². The lowest BCUT2D eigenvalue weighted by Gasteiger charge is -2.31. The second-order valence-corrected chi connectivity index (χ2v) is 8.60. The van der Waals surface area contributed by atoms with Crippen molar-refractivity contribution in [2.75, 3.05) is 17.2 Å². The lowest BCUT2D eigenvalue weighted by molar-refractivity contribution is -0.348. The highest BCUT2D eigenvalue weighted by Crippen LogP contribution is 2.54. The van der Waals surface area contributed by atoms with Gasteiger partial charge in [0.25, 0.3) is 5.91 Å². The number of carbonyl (C=O) groups is 1. The molecule has 2 aromatic carbocycles. The number of anilines is 2. The van der Waals surface area contributed by atoms with E-state index >= 15 is 0 Å². The molecule has 3 nitrogen and oxygen atoms in total. The van der Waals surface area contributed by atoms with E-state index < -0.39 is 45.3 Å². The van der Waals surface area contributed by atoms with Gasteiger partial charge in [0.05, 0.1) is 16.9 Å². The third kappa shape index (κ3) is 4.95. The summed E-state index contributed by atoms with van der Waals surface area (Å²) in [5.41, 5.74) is -8.17.